The Balaban J connectivity index is 2.29. The summed E-state index contributed by atoms with van der Waals surface area (Å²) in [6.45, 7) is 4.64. The Kier molecular flexibility index (Phi) is 4.75. The highest BCUT2D eigenvalue weighted by Gasteiger charge is 2.23. The van der Waals surface area contributed by atoms with Gasteiger partial charge in [-0.2, -0.15) is 0 Å². The fraction of sp³-hybridized carbons (Fsp3) is 0.375. The van der Waals surface area contributed by atoms with E-state index in [1.807, 2.05) is 18.2 Å². The molecule has 1 heterocycles. The molecule has 1 aromatic carbocycles. The molecule has 0 aliphatic rings. The average molecular weight is 275 g/mol. The zero-order valence-corrected chi connectivity index (χ0v) is 12.3. The van der Waals surface area contributed by atoms with Crippen LogP contribution in [-0.2, 0) is 6.42 Å². The van der Waals surface area contributed by atoms with Crippen LogP contribution in [0.2, 0.25) is 0 Å². The predicted molar refractivity (Wildman–Crippen MR) is 81.6 cm³/mol. The van der Waals surface area contributed by atoms with Gasteiger partial charge in [0.05, 0.1) is 6.10 Å². The van der Waals surface area contributed by atoms with E-state index in [0.29, 0.717) is 6.54 Å². The Bertz CT molecular complexity index is 535. The van der Waals surface area contributed by atoms with Crippen molar-refractivity contribution in [2.24, 2.45) is 5.73 Å². The smallest absolute Gasteiger partial charge is 0.0962 e. The molecule has 102 valence electrons. The van der Waals surface area contributed by atoms with Crippen molar-refractivity contribution >= 4 is 11.3 Å². The zero-order chi connectivity index (χ0) is 13.8. The molecule has 0 spiro atoms. The fourth-order valence-electron chi connectivity index (χ4n) is 2.37. The van der Waals surface area contributed by atoms with Crippen LogP contribution in [0.3, 0.4) is 0 Å². The van der Waals surface area contributed by atoms with E-state index in [2.05, 4.69) is 32.0 Å². The molecule has 3 N–H and O–H groups in total. The summed E-state index contributed by atoms with van der Waals surface area (Å²) in [5.74, 6) is -0.0374. The maximum Gasteiger partial charge on any atom is 0.0962 e. The van der Waals surface area contributed by atoms with Crippen molar-refractivity contribution in [2.45, 2.75) is 32.3 Å². The van der Waals surface area contributed by atoms with Crippen LogP contribution in [0.5, 0.6) is 0 Å². The third-order valence-electron chi connectivity index (χ3n) is 3.55. The second-order valence-corrected chi connectivity index (χ2v) is 6.00. The van der Waals surface area contributed by atoms with Gasteiger partial charge in [-0.05, 0) is 36.6 Å². The normalized spacial score (nSPS) is 14.3. The molecular weight excluding hydrogens is 254 g/mol. The third-order valence-corrected chi connectivity index (χ3v) is 4.85. The third kappa shape index (κ3) is 3.06. The molecule has 0 saturated heterocycles. The van der Waals surface area contributed by atoms with Crippen LogP contribution in [0, 0.1) is 6.92 Å². The van der Waals surface area contributed by atoms with Crippen molar-refractivity contribution in [3.05, 3.63) is 57.3 Å². The summed E-state index contributed by atoms with van der Waals surface area (Å²) < 4.78 is 0. The molecule has 0 aliphatic heterocycles. The molecule has 0 radical (unpaired) electrons. The van der Waals surface area contributed by atoms with Crippen molar-refractivity contribution in [3.8, 4) is 0 Å². The number of aryl methyl sites for hydroxylation is 2. The predicted octanol–water partition coefficient (Wildman–Crippen LogP) is 3.39. The molecule has 2 atom stereocenters. The molecule has 2 unspecified atom stereocenters. The summed E-state index contributed by atoms with van der Waals surface area (Å²) in [4.78, 5) is 2.31. The van der Waals surface area contributed by atoms with Gasteiger partial charge >= 0.3 is 0 Å². The van der Waals surface area contributed by atoms with Crippen LogP contribution in [0.1, 0.15) is 39.8 Å². The van der Waals surface area contributed by atoms with Gasteiger partial charge in [-0.1, -0.05) is 31.2 Å². The van der Waals surface area contributed by atoms with E-state index in [9.17, 15) is 5.11 Å². The molecule has 0 amide bonds. The van der Waals surface area contributed by atoms with Crippen molar-refractivity contribution in [3.63, 3.8) is 0 Å². The van der Waals surface area contributed by atoms with E-state index in [4.69, 9.17) is 5.73 Å². The van der Waals surface area contributed by atoms with E-state index in [1.54, 1.807) is 11.3 Å². The van der Waals surface area contributed by atoms with Gasteiger partial charge in [0.25, 0.3) is 0 Å². The van der Waals surface area contributed by atoms with Crippen LogP contribution in [0.4, 0.5) is 0 Å². The second-order valence-electron chi connectivity index (χ2n) is 4.80. The van der Waals surface area contributed by atoms with Gasteiger partial charge in [-0.15, -0.1) is 11.3 Å². The molecule has 0 aliphatic carbocycles. The SMILES string of the molecule is CCc1ccc(C(O)C(CN)c2ccccc2C)s1. The quantitative estimate of drug-likeness (QED) is 0.878. The van der Waals surface area contributed by atoms with Gasteiger partial charge < -0.3 is 10.8 Å². The molecule has 0 fully saturated rings. The van der Waals surface area contributed by atoms with Crippen molar-refractivity contribution in [1.29, 1.82) is 0 Å². The summed E-state index contributed by atoms with van der Waals surface area (Å²) in [7, 11) is 0. The summed E-state index contributed by atoms with van der Waals surface area (Å²) in [5.41, 5.74) is 8.22. The van der Waals surface area contributed by atoms with E-state index in [0.717, 1.165) is 16.9 Å². The molecule has 3 heteroatoms. The molecule has 2 rings (SSSR count). The number of hydrogen-bond donors (Lipinski definition) is 2. The lowest BCUT2D eigenvalue weighted by Gasteiger charge is -2.22. The van der Waals surface area contributed by atoms with Crippen molar-refractivity contribution < 1.29 is 5.11 Å². The zero-order valence-electron chi connectivity index (χ0n) is 11.5. The highest BCUT2D eigenvalue weighted by Crippen LogP contribution is 2.35. The first-order valence-corrected chi connectivity index (χ1v) is 7.51. The molecule has 1 aromatic heterocycles. The Morgan fingerprint density at radius 3 is 2.53 bits per heavy atom. The number of hydrogen-bond acceptors (Lipinski definition) is 3. The van der Waals surface area contributed by atoms with Crippen molar-refractivity contribution in [2.75, 3.05) is 6.54 Å². The Labute approximate surface area is 118 Å². The van der Waals surface area contributed by atoms with Gasteiger partial charge in [0.1, 0.15) is 0 Å². The fourth-order valence-corrected chi connectivity index (χ4v) is 3.37. The van der Waals surface area contributed by atoms with Crippen molar-refractivity contribution in [1.82, 2.24) is 0 Å². The largest absolute Gasteiger partial charge is 0.387 e. The monoisotopic (exact) mass is 275 g/mol. The maximum atomic E-state index is 10.6. The average Bonchev–Trinajstić information content (AvgIpc) is 2.90. The lowest BCUT2D eigenvalue weighted by molar-refractivity contribution is 0.151. The highest BCUT2D eigenvalue weighted by atomic mass is 32.1. The summed E-state index contributed by atoms with van der Waals surface area (Å²) in [6, 6.07) is 12.3. The van der Waals surface area contributed by atoms with Crippen LogP contribution in [-0.4, -0.2) is 11.7 Å². The minimum absolute atomic E-state index is 0.0374. The van der Waals surface area contributed by atoms with E-state index >= 15 is 0 Å². The maximum absolute atomic E-state index is 10.6. The molecule has 0 saturated carbocycles. The van der Waals surface area contributed by atoms with E-state index in [1.165, 1.54) is 10.4 Å². The summed E-state index contributed by atoms with van der Waals surface area (Å²) >= 11 is 1.68. The summed E-state index contributed by atoms with van der Waals surface area (Å²) in [5, 5.41) is 10.6. The molecule has 0 bridgehead atoms. The minimum atomic E-state index is -0.517. The number of nitrogens with two attached hydrogens (primary N) is 1. The van der Waals surface area contributed by atoms with E-state index in [-0.39, 0.29) is 5.92 Å². The lowest BCUT2D eigenvalue weighted by Crippen LogP contribution is -2.20. The van der Waals surface area contributed by atoms with E-state index < -0.39 is 6.10 Å². The van der Waals surface area contributed by atoms with Crippen LogP contribution in [0.25, 0.3) is 0 Å². The van der Waals surface area contributed by atoms with Gasteiger partial charge in [0.2, 0.25) is 0 Å². The Hall–Kier alpha value is -1.16. The topological polar surface area (TPSA) is 46.2 Å². The first-order chi connectivity index (χ1) is 9.17. The lowest BCUT2D eigenvalue weighted by atomic mass is 9.89. The van der Waals surface area contributed by atoms with Gasteiger partial charge in [-0.25, -0.2) is 0 Å². The highest BCUT2D eigenvalue weighted by molar-refractivity contribution is 7.12. The number of benzene rings is 1. The standard InChI is InChI=1S/C16H21NOS/c1-3-12-8-9-15(19-12)16(18)14(10-17)13-7-5-4-6-11(13)2/h4-9,14,16,18H,3,10,17H2,1-2H3. The molecule has 2 nitrogen and oxygen atoms in total. The molecule has 19 heavy (non-hydrogen) atoms. The van der Waals surface area contributed by atoms with Gasteiger partial charge in [0, 0.05) is 22.2 Å². The first kappa shape index (κ1) is 14.3. The Morgan fingerprint density at radius 2 is 1.95 bits per heavy atom. The first-order valence-electron chi connectivity index (χ1n) is 6.69. The second kappa shape index (κ2) is 6.33. The summed E-state index contributed by atoms with van der Waals surface area (Å²) in [6.07, 6.45) is 0.492. The van der Waals surface area contributed by atoms with Crippen LogP contribution < -0.4 is 5.73 Å². The number of rotatable bonds is 5. The number of aliphatic hydroxyl groups is 1. The number of aliphatic hydroxyl groups excluding tert-OH is 1. The van der Waals surface area contributed by atoms with Crippen LogP contribution in [0.15, 0.2) is 36.4 Å². The van der Waals surface area contributed by atoms with Gasteiger partial charge in [0.15, 0.2) is 0 Å². The van der Waals surface area contributed by atoms with Gasteiger partial charge in [-0.3, -0.25) is 0 Å². The Morgan fingerprint density at radius 1 is 1.21 bits per heavy atom. The molecular formula is C16H21NOS. The number of thiophene rings is 1. The molecule has 2 aromatic rings. The van der Waals surface area contributed by atoms with Crippen LogP contribution >= 0.6 is 11.3 Å². The minimum Gasteiger partial charge on any atom is -0.387 e.